The molecule has 0 saturated heterocycles. The number of fused-ring (bicyclic) bond motifs is 1. The molecular weight excluding hydrogens is 268 g/mol. The van der Waals surface area contributed by atoms with Crippen molar-refractivity contribution in [2.45, 2.75) is 51.2 Å². The van der Waals surface area contributed by atoms with E-state index in [0.717, 1.165) is 49.0 Å². The third-order valence-electron chi connectivity index (χ3n) is 3.82. The molecule has 4 nitrogen and oxygen atoms in total. The standard InChI is InChI=1S/C17H26O4/c1-2-3-10-20-11-13(18)12-21-17-9-5-6-14-15(17)7-4-8-16(14)19/h5-6,9,13,16,18-19H,2-4,7-8,10-12H2,1H3. The minimum Gasteiger partial charge on any atom is -0.491 e. The zero-order chi connectivity index (χ0) is 15.1. The molecule has 1 aromatic carbocycles. The molecule has 0 amide bonds. The average Bonchev–Trinajstić information content (AvgIpc) is 2.50. The van der Waals surface area contributed by atoms with Gasteiger partial charge in [0.1, 0.15) is 18.5 Å². The van der Waals surface area contributed by atoms with Crippen LogP contribution in [0.1, 0.15) is 49.8 Å². The lowest BCUT2D eigenvalue weighted by Gasteiger charge is -2.24. The highest BCUT2D eigenvalue weighted by molar-refractivity contribution is 5.42. The topological polar surface area (TPSA) is 58.9 Å². The van der Waals surface area contributed by atoms with Gasteiger partial charge in [0.05, 0.1) is 12.7 Å². The molecule has 1 aromatic rings. The van der Waals surface area contributed by atoms with Crippen molar-refractivity contribution in [2.24, 2.45) is 0 Å². The third-order valence-corrected chi connectivity index (χ3v) is 3.82. The molecule has 2 unspecified atom stereocenters. The summed E-state index contributed by atoms with van der Waals surface area (Å²) in [5.74, 6) is 0.777. The molecule has 0 spiro atoms. The number of hydrogen-bond donors (Lipinski definition) is 2. The van der Waals surface area contributed by atoms with Crippen LogP contribution < -0.4 is 4.74 Å². The SMILES string of the molecule is CCCCOCC(O)COc1cccc2c1CCCC2O. The van der Waals surface area contributed by atoms with Crippen LogP contribution in [-0.2, 0) is 11.2 Å². The van der Waals surface area contributed by atoms with Crippen LogP contribution in [0.5, 0.6) is 5.75 Å². The highest BCUT2D eigenvalue weighted by Gasteiger charge is 2.21. The van der Waals surface area contributed by atoms with Crippen LogP contribution in [0.4, 0.5) is 0 Å². The zero-order valence-corrected chi connectivity index (χ0v) is 12.8. The molecule has 2 atom stereocenters. The summed E-state index contributed by atoms with van der Waals surface area (Å²) < 4.78 is 11.1. The zero-order valence-electron chi connectivity index (χ0n) is 12.8. The van der Waals surface area contributed by atoms with Crippen molar-refractivity contribution >= 4 is 0 Å². The van der Waals surface area contributed by atoms with Crippen molar-refractivity contribution in [1.82, 2.24) is 0 Å². The third kappa shape index (κ3) is 4.70. The maximum atomic E-state index is 10.0. The number of benzene rings is 1. The van der Waals surface area contributed by atoms with E-state index in [9.17, 15) is 10.2 Å². The van der Waals surface area contributed by atoms with Crippen LogP contribution in [-0.4, -0.2) is 36.1 Å². The van der Waals surface area contributed by atoms with Gasteiger partial charge in [0, 0.05) is 6.61 Å². The lowest BCUT2D eigenvalue weighted by atomic mass is 9.89. The van der Waals surface area contributed by atoms with Gasteiger partial charge in [-0.15, -0.1) is 0 Å². The van der Waals surface area contributed by atoms with Gasteiger partial charge in [0.15, 0.2) is 0 Å². The van der Waals surface area contributed by atoms with Gasteiger partial charge in [-0.05, 0) is 42.9 Å². The Balaban J connectivity index is 1.84. The number of ether oxygens (including phenoxy) is 2. The number of hydrogen-bond acceptors (Lipinski definition) is 4. The Morgan fingerprint density at radius 2 is 2.19 bits per heavy atom. The fourth-order valence-electron chi connectivity index (χ4n) is 2.63. The van der Waals surface area contributed by atoms with Crippen molar-refractivity contribution in [2.75, 3.05) is 19.8 Å². The lowest BCUT2D eigenvalue weighted by Crippen LogP contribution is -2.24. The summed E-state index contributed by atoms with van der Waals surface area (Å²) in [6.07, 6.45) is 3.79. The van der Waals surface area contributed by atoms with E-state index in [0.29, 0.717) is 13.2 Å². The molecule has 0 aromatic heterocycles. The van der Waals surface area contributed by atoms with Crippen molar-refractivity contribution in [3.63, 3.8) is 0 Å². The predicted molar refractivity (Wildman–Crippen MR) is 81.6 cm³/mol. The molecule has 0 radical (unpaired) electrons. The first-order valence-corrected chi connectivity index (χ1v) is 7.90. The Morgan fingerprint density at radius 3 is 3.00 bits per heavy atom. The molecule has 0 fully saturated rings. The van der Waals surface area contributed by atoms with Crippen LogP contribution in [0.25, 0.3) is 0 Å². The predicted octanol–water partition coefficient (Wildman–Crippen LogP) is 2.61. The first-order chi connectivity index (χ1) is 10.2. The van der Waals surface area contributed by atoms with E-state index in [-0.39, 0.29) is 12.7 Å². The maximum absolute atomic E-state index is 10.0. The van der Waals surface area contributed by atoms with E-state index in [2.05, 4.69) is 6.92 Å². The first kappa shape index (κ1) is 16.3. The van der Waals surface area contributed by atoms with Gasteiger partial charge in [-0.2, -0.15) is 0 Å². The Morgan fingerprint density at radius 1 is 1.33 bits per heavy atom. The molecule has 0 saturated carbocycles. The summed E-state index contributed by atoms with van der Waals surface area (Å²) in [6.45, 7) is 3.31. The second-order valence-electron chi connectivity index (χ2n) is 5.63. The largest absolute Gasteiger partial charge is 0.491 e. The van der Waals surface area contributed by atoms with Crippen LogP contribution in [0, 0.1) is 0 Å². The second-order valence-corrected chi connectivity index (χ2v) is 5.63. The molecule has 0 bridgehead atoms. The fourth-order valence-corrected chi connectivity index (χ4v) is 2.63. The molecule has 0 heterocycles. The molecule has 0 aliphatic heterocycles. The number of aliphatic hydroxyl groups is 2. The second kappa shape index (κ2) is 8.37. The fraction of sp³-hybridized carbons (Fsp3) is 0.647. The summed E-state index contributed by atoms with van der Waals surface area (Å²) in [6, 6.07) is 5.75. The van der Waals surface area contributed by atoms with E-state index in [1.54, 1.807) is 0 Å². The van der Waals surface area contributed by atoms with E-state index < -0.39 is 6.10 Å². The van der Waals surface area contributed by atoms with Gasteiger partial charge in [-0.1, -0.05) is 25.5 Å². The quantitative estimate of drug-likeness (QED) is 0.724. The molecule has 4 heteroatoms. The van der Waals surface area contributed by atoms with E-state index in [1.165, 1.54) is 0 Å². The molecule has 2 N–H and O–H groups in total. The van der Waals surface area contributed by atoms with E-state index >= 15 is 0 Å². The normalized spacial score (nSPS) is 19.1. The van der Waals surface area contributed by atoms with Gasteiger partial charge >= 0.3 is 0 Å². The van der Waals surface area contributed by atoms with Gasteiger partial charge in [-0.25, -0.2) is 0 Å². The van der Waals surface area contributed by atoms with Gasteiger partial charge < -0.3 is 19.7 Å². The van der Waals surface area contributed by atoms with Crippen LogP contribution >= 0.6 is 0 Å². The molecule has 1 aliphatic carbocycles. The summed E-state index contributed by atoms with van der Waals surface area (Å²) in [7, 11) is 0. The van der Waals surface area contributed by atoms with Crippen LogP contribution in [0.3, 0.4) is 0 Å². The van der Waals surface area contributed by atoms with Crippen molar-refractivity contribution in [1.29, 1.82) is 0 Å². The first-order valence-electron chi connectivity index (χ1n) is 7.90. The minimum atomic E-state index is -0.619. The Bertz CT molecular complexity index is 433. The Labute approximate surface area is 126 Å². The van der Waals surface area contributed by atoms with E-state index in [1.807, 2.05) is 18.2 Å². The van der Waals surface area contributed by atoms with E-state index in [4.69, 9.17) is 9.47 Å². The average molecular weight is 294 g/mol. The Hall–Kier alpha value is -1.10. The highest BCUT2D eigenvalue weighted by atomic mass is 16.5. The summed E-state index contributed by atoms with van der Waals surface area (Å²) >= 11 is 0. The van der Waals surface area contributed by atoms with Crippen molar-refractivity contribution < 1.29 is 19.7 Å². The highest BCUT2D eigenvalue weighted by Crippen LogP contribution is 2.35. The van der Waals surface area contributed by atoms with Crippen LogP contribution in [0.2, 0.25) is 0 Å². The molecule has 21 heavy (non-hydrogen) atoms. The molecule has 1 aliphatic rings. The lowest BCUT2D eigenvalue weighted by molar-refractivity contribution is 0.0110. The smallest absolute Gasteiger partial charge is 0.122 e. The van der Waals surface area contributed by atoms with Crippen molar-refractivity contribution in [3.8, 4) is 5.75 Å². The van der Waals surface area contributed by atoms with Gasteiger partial charge in [0.2, 0.25) is 0 Å². The number of unbranched alkanes of at least 4 members (excludes halogenated alkanes) is 1. The molecule has 118 valence electrons. The van der Waals surface area contributed by atoms with Crippen molar-refractivity contribution in [3.05, 3.63) is 29.3 Å². The summed E-state index contributed by atoms with van der Waals surface area (Å²) in [5, 5.41) is 19.9. The number of rotatable bonds is 8. The molecule has 2 rings (SSSR count). The van der Waals surface area contributed by atoms with Crippen LogP contribution in [0.15, 0.2) is 18.2 Å². The van der Waals surface area contributed by atoms with Gasteiger partial charge in [0.25, 0.3) is 0 Å². The minimum absolute atomic E-state index is 0.221. The number of aliphatic hydroxyl groups excluding tert-OH is 2. The summed E-state index contributed by atoms with van der Waals surface area (Å²) in [4.78, 5) is 0. The monoisotopic (exact) mass is 294 g/mol. The Kier molecular flexibility index (Phi) is 6.49. The summed E-state index contributed by atoms with van der Waals surface area (Å²) in [5.41, 5.74) is 2.04. The maximum Gasteiger partial charge on any atom is 0.122 e. The molecular formula is C17H26O4. The van der Waals surface area contributed by atoms with Gasteiger partial charge in [-0.3, -0.25) is 0 Å².